The van der Waals surface area contributed by atoms with Gasteiger partial charge in [-0.25, -0.2) is 4.79 Å². The van der Waals surface area contributed by atoms with Gasteiger partial charge in [-0.15, -0.1) is 0 Å². The van der Waals surface area contributed by atoms with Crippen molar-refractivity contribution in [3.8, 4) is 0 Å². The standard InChI is InChI=1S/C22H25ClN2O2S/c1-3-27-20(26)18-10-9-17(14-19(18)23)24-21(28)25-22(11-4-5-12-22)16-8-6-7-15(2)13-16/h6-10,13-14H,3-5,11-12H2,1-2H3,(H2,24,25,28). The number of hydrogen-bond acceptors (Lipinski definition) is 3. The summed E-state index contributed by atoms with van der Waals surface area (Å²) < 4.78 is 5.01. The highest BCUT2D eigenvalue weighted by atomic mass is 35.5. The molecule has 1 fully saturated rings. The smallest absolute Gasteiger partial charge is 0.339 e. The molecule has 0 unspecified atom stereocenters. The Morgan fingerprint density at radius 1 is 1.21 bits per heavy atom. The van der Waals surface area contributed by atoms with Crippen molar-refractivity contribution >= 4 is 40.6 Å². The Balaban J connectivity index is 1.74. The number of thiocarbonyl (C=S) groups is 1. The summed E-state index contributed by atoms with van der Waals surface area (Å²) in [5, 5.41) is 7.63. The fourth-order valence-corrected chi connectivity index (χ4v) is 4.32. The molecular weight excluding hydrogens is 392 g/mol. The summed E-state index contributed by atoms with van der Waals surface area (Å²) in [7, 11) is 0. The molecule has 28 heavy (non-hydrogen) atoms. The van der Waals surface area contributed by atoms with E-state index in [-0.39, 0.29) is 5.54 Å². The van der Waals surface area contributed by atoms with Gasteiger partial charge in [0.15, 0.2) is 5.11 Å². The molecule has 0 spiro atoms. The Hall–Kier alpha value is -2.11. The number of carbonyl (C=O) groups is 1. The highest BCUT2D eigenvalue weighted by molar-refractivity contribution is 7.80. The van der Waals surface area contributed by atoms with E-state index >= 15 is 0 Å². The van der Waals surface area contributed by atoms with Crippen LogP contribution in [0.2, 0.25) is 5.02 Å². The van der Waals surface area contributed by atoms with Gasteiger partial charge in [0.05, 0.1) is 22.7 Å². The quantitative estimate of drug-likeness (QED) is 0.492. The first-order valence-corrected chi connectivity index (χ1v) is 10.3. The van der Waals surface area contributed by atoms with Crippen molar-refractivity contribution in [3.05, 3.63) is 64.2 Å². The lowest BCUT2D eigenvalue weighted by molar-refractivity contribution is 0.0526. The number of nitrogens with one attached hydrogen (secondary N) is 2. The predicted octanol–water partition coefficient (Wildman–Crippen LogP) is 5.58. The van der Waals surface area contributed by atoms with Crippen LogP contribution >= 0.6 is 23.8 Å². The van der Waals surface area contributed by atoms with Crippen LogP contribution in [0.25, 0.3) is 0 Å². The summed E-state index contributed by atoms with van der Waals surface area (Å²) in [4.78, 5) is 11.9. The molecule has 0 atom stereocenters. The molecule has 0 bridgehead atoms. The SMILES string of the molecule is CCOC(=O)c1ccc(NC(=S)NC2(c3cccc(C)c3)CCCC2)cc1Cl. The van der Waals surface area contributed by atoms with Crippen molar-refractivity contribution in [3.63, 3.8) is 0 Å². The van der Waals surface area contributed by atoms with E-state index in [0.29, 0.717) is 22.3 Å². The van der Waals surface area contributed by atoms with E-state index in [2.05, 4.69) is 41.8 Å². The minimum absolute atomic E-state index is 0.148. The molecule has 3 rings (SSSR count). The first-order valence-electron chi connectivity index (χ1n) is 9.56. The van der Waals surface area contributed by atoms with Gasteiger partial charge in [0, 0.05) is 5.69 Å². The van der Waals surface area contributed by atoms with E-state index in [1.165, 1.54) is 24.0 Å². The van der Waals surface area contributed by atoms with E-state index in [0.717, 1.165) is 18.5 Å². The van der Waals surface area contributed by atoms with E-state index in [9.17, 15) is 4.79 Å². The lowest BCUT2D eigenvalue weighted by Gasteiger charge is -2.33. The number of carbonyl (C=O) groups excluding carboxylic acids is 1. The lowest BCUT2D eigenvalue weighted by atomic mass is 9.87. The molecule has 2 N–H and O–H groups in total. The second-order valence-electron chi connectivity index (χ2n) is 7.15. The monoisotopic (exact) mass is 416 g/mol. The van der Waals surface area contributed by atoms with Gasteiger partial charge in [0.1, 0.15) is 0 Å². The fraction of sp³-hybridized carbons (Fsp3) is 0.364. The van der Waals surface area contributed by atoms with Crippen molar-refractivity contribution in [1.82, 2.24) is 5.32 Å². The van der Waals surface area contributed by atoms with Crippen LogP contribution in [-0.2, 0) is 10.3 Å². The summed E-state index contributed by atoms with van der Waals surface area (Å²) in [6, 6.07) is 13.7. The van der Waals surface area contributed by atoms with Crippen LogP contribution in [0.5, 0.6) is 0 Å². The summed E-state index contributed by atoms with van der Waals surface area (Å²) in [5.41, 5.74) is 3.44. The Kier molecular flexibility index (Phi) is 6.57. The van der Waals surface area contributed by atoms with Crippen LogP contribution in [0.3, 0.4) is 0 Å². The Bertz CT molecular complexity index is 879. The first-order chi connectivity index (χ1) is 13.4. The van der Waals surface area contributed by atoms with E-state index in [1.54, 1.807) is 25.1 Å². The zero-order valence-corrected chi connectivity index (χ0v) is 17.8. The van der Waals surface area contributed by atoms with Crippen LogP contribution in [0.1, 0.15) is 54.1 Å². The van der Waals surface area contributed by atoms with Gasteiger partial charge in [-0.2, -0.15) is 0 Å². The highest BCUT2D eigenvalue weighted by Gasteiger charge is 2.36. The zero-order chi connectivity index (χ0) is 20.1. The Morgan fingerprint density at radius 2 is 1.96 bits per heavy atom. The molecule has 0 amide bonds. The largest absolute Gasteiger partial charge is 0.462 e. The van der Waals surface area contributed by atoms with E-state index in [1.807, 2.05) is 0 Å². The summed E-state index contributed by atoms with van der Waals surface area (Å²) in [6.45, 7) is 4.18. The molecule has 2 aromatic rings. The third-order valence-electron chi connectivity index (χ3n) is 5.10. The van der Waals surface area contributed by atoms with Crippen LogP contribution in [0.15, 0.2) is 42.5 Å². The molecule has 4 nitrogen and oxygen atoms in total. The molecule has 1 saturated carbocycles. The van der Waals surface area contributed by atoms with Gasteiger partial charge < -0.3 is 15.4 Å². The number of benzene rings is 2. The Labute approximate surface area is 176 Å². The van der Waals surface area contributed by atoms with E-state index in [4.69, 9.17) is 28.6 Å². The molecule has 0 aliphatic heterocycles. The minimum atomic E-state index is -0.427. The predicted molar refractivity (Wildman–Crippen MR) is 118 cm³/mol. The second-order valence-corrected chi connectivity index (χ2v) is 7.97. The van der Waals surface area contributed by atoms with Crippen molar-refractivity contribution in [2.75, 3.05) is 11.9 Å². The summed E-state index contributed by atoms with van der Waals surface area (Å²) in [6.07, 6.45) is 4.43. The second kappa shape index (κ2) is 8.93. The normalized spacial score (nSPS) is 15.1. The Morgan fingerprint density at radius 3 is 2.61 bits per heavy atom. The third kappa shape index (κ3) is 4.65. The van der Waals surface area contributed by atoms with Crippen LogP contribution in [0, 0.1) is 6.92 Å². The number of halogens is 1. The average molecular weight is 417 g/mol. The first kappa shape index (κ1) is 20.6. The van der Waals surface area contributed by atoms with Gasteiger partial charge in [0.25, 0.3) is 0 Å². The molecule has 2 aromatic carbocycles. The van der Waals surface area contributed by atoms with Crippen molar-refractivity contribution < 1.29 is 9.53 Å². The van der Waals surface area contributed by atoms with Crippen molar-refractivity contribution in [1.29, 1.82) is 0 Å². The maximum atomic E-state index is 11.9. The average Bonchev–Trinajstić information content (AvgIpc) is 3.11. The molecule has 1 aliphatic rings. The van der Waals surface area contributed by atoms with Gasteiger partial charge in [-0.05, 0) is 62.7 Å². The molecule has 6 heteroatoms. The number of ether oxygens (including phenoxy) is 1. The van der Waals surface area contributed by atoms with Gasteiger partial charge in [-0.1, -0.05) is 54.3 Å². The number of hydrogen-bond donors (Lipinski definition) is 2. The van der Waals surface area contributed by atoms with Gasteiger partial charge >= 0.3 is 5.97 Å². The molecular formula is C22H25ClN2O2S. The van der Waals surface area contributed by atoms with Crippen LogP contribution in [-0.4, -0.2) is 17.7 Å². The molecule has 148 valence electrons. The maximum Gasteiger partial charge on any atom is 0.339 e. The van der Waals surface area contributed by atoms with Crippen LogP contribution in [0.4, 0.5) is 5.69 Å². The number of aryl methyl sites for hydroxylation is 1. The van der Waals surface area contributed by atoms with Crippen molar-refractivity contribution in [2.24, 2.45) is 0 Å². The molecule has 0 aromatic heterocycles. The number of rotatable bonds is 5. The maximum absolute atomic E-state index is 11.9. The molecule has 0 radical (unpaired) electrons. The third-order valence-corrected chi connectivity index (χ3v) is 5.62. The fourth-order valence-electron chi connectivity index (χ4n) is 3.75. The van der Waals surface area contributed by atoms with E-state index < -0.39 is 5.97 Å². The highest BCUT2D eigenvalue weighted by Crippen LogP contribution is 2.39. The number of anilines is 1. The molecule has 0 heterocycles. The molecule has 1 aliphatic carbocycles. The van der Waals surface area contributed by atoms with Crippen LogP contribution < -0.4 is 10.6 Å². The summed E-state index contributed by atoms with van der Waals surface area (Å²) in [5.74, 6) is -0.427. The lowest BCUT2D eigenvalue weighted by Crippen LogP contribution is -2.45. The van der Waals surface area contributed by atoms with Crippen molar-refractivity contribution in [2.45, 2.75) is 45.1 Å². The van der Waals surface area contributed by atoms with Gasteiger partial charge in [0.2, 0.25) is 0 Å². The number of esters is 1. The summed E-state index contributed by atoms with van der Waals surface area (Å²) >= 11 is 11.8. The topological polar surface area (TPSA) is 50.4 Å². The molecule has 0 saturated heterocycles. The minimum Gasteiger partial charge on any atom is -0.462 e. The van der Waals surface area contributed by atoms with Gasteiger partial charge in [-0.3, -0.25) is 0 Å². The zero-order valence-electron chi connectivity index (χ0n) is 16.2.